The number of nitrogens with zero attached hydrogens (tertiary/aromatic N) is 2. The van der Waals surface area contributed by atoms with Gasteiger partial charge in [0, 0.05) is 31.2 Å². The van der Waals surface area contributed by atoms with Gasteiger partial charge in [0.05, 0.1) is 12.0 Å². The summed E-state index contributed by atoms with van der Waals surface area (Å²) in [5, 5.41) is 10.7. The number of hydrogen-bond donors (Lipinski definition) is 2. The van der Waals surface area contributed by atoms with Gasteiger partial charge in [-0.2, -0.15) is 0 Å². The van der Waals surface area contributed by atoms with Crippen molar-refractivity contribution in [2.75, 3.05) is 24.5 Å². The number of aliphatic hydroxyl groups is 1. The number of carbonyl (C=O) groups excluding carboxylic acids is 2. The SMILES string of the molecule is NC(=O)CCC(CCCc1ccccc1)N(C(=O)C1CCCN(CC(O)[CH]Cc2ccccc2)C1)c1ccccc1. The van der Waals surface area contributed by atoms with E-state index in [0.717, 1.165) is 44.3 Å². The molecule has 1 fully saturated rings. The number of hydrogen-bond acceptors (Lipinski definition) is 4. The van der Waals surface area contributed by atoms with E-state index >= 15 is 0 Å². The van der Waals surface area contributed by atoms with Crippen LogP contribution < -0.4 is 10.6 Å². The standard InChI is InChI=1S/C35H44N3O3/c36-34(40)24-22-32(20-10-16-28-12-4-1-5-13-28)38(31-18-8-3-9-19-31)35(41)30-17-11-25-37(26-30)27-33(39)23-21-29-14-6-2-7-15-29/h1-9,12-15,18-19,23,30,32-33,39H,10-11,16-17,20-22,24-27H2,(H2,36,40). The van der Waals surface area contributed by atoms with Crippen molar-refractivity contribution < 1.29 is 14.7 Å². The lowest BCUT2D eigenvalue weighted by molar-refractivity contribution is -0.125. The molecule has 6 nitrogen and oxygen atoms in total. The number of amides is 2. The number of aryl methyl sites for hydroxylation is 1. The number of para-hydroxylation sites is 1. The summed E-state index contributed by atoms with van der Waals surface area (Å²) in [4.78, 5) is 30.2. The van der Waals surface area contributed by atoms with E-state index in [1.807, 2.05) is 78.1 Å². The van der Waals surface area contributed by atoms with Crippen molar-refractivity contribution in [3.8, 4) is 0 Å². The third kappa shape index (κ3) is 9.83. The Morgan fingerprint density at radius 3 is 2.22 bits per heavy atom. The molecule has 2 amide bonds. The Labute approximate surface area is 245 Å². The van der Waals surface area contributed by atoms with E-state index in [4.69, 9.17) is 5.73 Å². The predicted octanol–water partition coefficient (Wildman–Crippen LogP) is 5.20. The number of likely N-dealkylation sites (tertiary alicyclic amines) is 1. The summed E-state index contributed by atoms with van der Waals surface area (Å²) in [5.41, 5.74) is 8.87. The number of carbonyl (C=O) groups is 2. The summed E-state index contributed by atoms with van der Waals surface area (Å²) in [6.07, 6.45) is 7.21. The summed E-state index contributed by atoms with van der Waals surface area (Å²) in [6, 6.07) is 30.2. The molecule has 3 unspecified atom stereocenters. The van der Waals surface area contributed by atoms with Gasteiger partial charge in [0.15, 0.2) is 0 Å². The molecule has 6 heteroatoms. The van der Waals surface area contributed by atoms with Crippen LogP contribution in [0.2, 0.25) is 0 Å². The number of primary amides is 1. The molecule has 0 bridgehead atoms. The van der Waals surface area contributed by atoms with E-state index < -0.39 is 6.10 Å². The van der Waals surface area contributed by atoms with E-state index in [2.05, 4.69) is 29.2 Å². The topological polar surface area (TPSA) is 86.9 Å². The van der Waals surface area contributed by atoms with E-state index in [0.29, 0.717) is 25.9 Å². The van der Waals surface area contributed by atoms with Crippen molar-refractivity contribution >= 4 is 17.5 Å². The first kappa shape index (κ1) is 30.5. The fraction of sp³-hybridized carbons (Fsp3) is 0.400. The fourth-order valence-electron chi connectivity index (χ4n) is 5.85. The molecule has 1 saturated heterocycles. The Balaban J connectivity index is 1.44. The van der Waals surface area contributed by atoms with Crippen molar-refractivity contribution in [2.45, 2.75) is 63.5 Å². The van der Waals surface area contributed by atoms with E-state index in [-0.39, 0.29) is 30.2 Å². The Morgan fingerprint density at radius 2 is 1.56 bits per heavy atom. The van der Waals surface area contributed by atoms with Gasteiger partial charge in [0.25, 0.3) is 0 Å². The van der Waals surface area contributed by atoms with Crippen LogP contribution in [-0.4, -0.2) is 53.6 Å². The quantitative estimate of drug-likeness (QED) is 0.271. The largest absolute Gasteiger partial charge is 0.391 e. The number of nitrogens with two attached hydrogens (primary N) is 1. The Kier molecular flexibility index (Phi) is 12.0. The van der Waals surface area contributed by atoms with E-state index in [9.17, 15) is 14.7 Å². The van der Waals surface area contributed by atoms with Gasteiger partial charge >= 0.3 is 0 Å². The second kappa shape index (κ2) is 16.1. The maximum atomic E-state index is 14.3. The molecule has 3 aromatic carbocycles. The summed E-state index contributed by atoms with van der Waals surface area (Å²) >= 11 is 0. The Hall–Kier alpha value is -3.48. The van der Waals surface area contributed by atoms with Crippen LogP contribution >= 0.6 is 0 Å². The van der Waals surface area contributed by atoms with Crippen molar-refractivity contribution in [1.82, 2.24) is 4.90 Å². The third-order valence-corrected chi connectivity index (χ3v) is 7.97. The number of β-amino-alcohol motifs (C(OH)–C–C–N with tert-alkyl or cyclic N) is 1. The third-order valence-electron chi connectivity index (χ3n) is 7.97. The highest BCUT2D eigenvalue weighted by Gasteiger charge is 2.34. The average molecular weight is 555 g/mol. The van der Waals surface area contributed by atoms with Gasteiger partial charge in [-0.25, -0.2) is 0 Å². The smallest absolute Gasteiger partial charge is 0.231 e. The second-order valence-corrected chi connectivity index (χ2v) is 11.2. The van der Waals surface area contributed by atoms with E-state index in [1.165, 1.54) is 11.1 Å². The first-order valence-corrected chi connectivity index (χ1v) is 15.0. The predicted molar refractivity (Wildman–Crippen MR) is 165 cm³/mol. The molecule has 3 N–H and O–H groups in total. The lowest BCUT2D eigenvalue weighted by Crippen LogP contribution is -2.50. The zero-order chi connectivity index (χ0) is 28.9. The van der Waals surface area contributed by atoms with Crippen LogP contribution in [0.4, 0.5) is 5.69 Å². The molecule has 1 aliphatic rings. The highest BCUT2D eigenvalue weighted by atomic mass is 16.3. The molecule has 3 aromatic rings. The van der Waals surface area contributed by atoms with Crippen LogP contribution in [0.15, 0.2) is 91.0 Å². The number of benzene rings is 3. The van der Waals surface area contributed by atoms with Gasteiger partial charge in [0.2, 0.25) is 11.8 Å². The average Bonchev–Trinajstić information content (AvgIpc) is 3.00. The molecule has 0 spiro atoms. The maximum absolute atomic E-state index is 14.3. The molecule has 3 atom stereocenters. The maximum Gasteiger partial charge on any atom is 0.231 e. The fourth-order valence-corrected chi connectivity index (χ4v) is 5.85. The van der Waals surface area contributed by atoms with E-state index in [1.54, 1.807) is 0 Å². The van der Waals surface area contributed by atoms with Gasteiger partial charge in [-0.15, -0.1) is 0 Å². The van der Waals surface area contributed by atoms with Gasteiger partial charge < -0.3 is 15.7 Å². The van der Waals surface area contributed by atoms with Crippen molar-refractivity contribution in [3.63, 3.8) is 0 Å². The lowest BCUT2D eigenvalue weighted by Gasteiger charge is -2.39. The van der Waals surface area contributed by atoms with Gasteiger partial charge in [-0.3, -0.25) is 14.5 Å². The normalized spacial score (nSPS) is 17.0. The van der Waals surface area contributed by atoms with Crippen LogP contribution in [0.5, 0.6) is 0 Å². The minimum absolute atomic E-state index is 0.0952. The highest BCUT2D eigenvalue weighted by Crippen LogP contribution is 2.28. The molecule has 217 valence electrons. The molecule has 1 aliphatic heterocycles. The van der Waals surface area contributed by atoms with Crippen molar-refractivity contribution in [2.24, 2.45) is 11.7 Å². The number of piperidine rings is 1. The first-order valence-electron chi connectivity index (χ1n) is 15.0. The monoisotopic (exact) mass is 554 g/mol. The molecule has 4 rings (SSSR count). The summed E-state index contributed by atoms with van der Waals surface area (Å²) < 4.78 is 0. The number of aliphatic hydroxyl groups excluding tert-OH is 1. The van der Waals surface area contributed by atoms with Crippen LogP contribution in [0, 0.1) is 12.3 Å². The van der Waals surface area contributed by atoms with Crippen LogP contribution in [0.25, 0.3) is 0 Å². The Bertz CT molecular complexity index is 1190. The molecule has 41 heavy (non-hydrogen) atoms. The van der Waals surface area contributed by atoms with Gasteiger partial charge in [-0.1, -0.05) is 78.9 Å². The van der Waals surface area contributed by atoms with Crippen LogP contribution in [-0.2, 0) is 22.4 Å². The molecule has 0 aromatic heterocycles. The summed E-state index contributed by atoms with van der Waals surface area (Å²) in [7, 11) is 0. The molecular weight excluding hydrogens is 510 g/mol. The van der Waals surface area contributed by atoms with Crippen LogP contribution in [0.3, 0.4) is 0 Å². The van der Waals surface area contributed by atoms with Crippen molar-refractivity contribution in [1.29, 1.82) is 0 Å². The molecule has 0 aliphatic carbocycles. The minimum atomic E-state index is -0.560. The van der Waals surface area contributed by atoms with Gasteiger partial charge in [-0.05, 0) is 81.2 Å². The Morgan fingerprint density at radius 1 is 0.927 bits per heavy atom. The summed E-state index contributed by atoms with van der Waals surface area (Å²) in [5.74, 6) is -0.420. The zero-order valence-electron chi connectivity index (χ0n) is 24.0. The minimum Gasteiger partial charge on any atom is -0.391 e. The number of anilines is 1. The zero-order valence-corrected chi connectivity index (χ0v) is 24.0. The number of rotatable bonds is 15. The second-order valence-electron chi connectivity index (χ2n) is 11.2. The van der Waals surface area contributed by atoms with Crippen molar-refractivity contribution in [3.05, 3.63) is 109 Å². The van der Waals surface area contributed by atoms with Gasteiger partial charge in [0.1, 0.15) is 0 Å². The van der Waals surface area contributed by atoms with Crippen LogP contribution in [0.1, 0.15) is 49.7 Å². The summed E-state index contributed by atoms with van der Waals surface area (Å²) in [6.45, 7) is 2.00. The first-order chi connectivity index (χ1) is 20.0. The molecule has 0 saturated carbocycles. The molecular formula is C35H44N3O3. The highest BCUT2D eigenvalue weighted by molar-refractivity contribution is 5.96. The molecule has 1 heterocycles. The molecule has 1 radical (unpaired) electrons. The lowest BCUT2D eigenvalue weighted by atomic mass is 9.93.